The van der Waals surface area contributed by atoms with Gasteiger partial charge in [0.25, 0.3) is 0 Å². The number of rotatable bonds is 5. The van der Waals surface area contributed by atoms with Gasteiger partial charge in [0.2, 0.25) is 5.91 Å². The number of hydrogen-bond acceptors (Lipinski definition) is 3. The van der Waals surface area contributed by atoms with E-state index < -0.39 is 0 Å². The van der Waals surface area contributed by atoms with Gasteiger partial charge in [-0.25, -0.2) is 0 Å². The lowest BCUT2D eigenvalue weighted by atomic mass is 9.84. The van der Waals surface area contributed by atoms with Crippen molar-refractivity contribution in [3.63, 3.8) is 0 Å². The Bertz CT molecular complexity index is 243. The van der Waals surface area contributed by atoms with E-state index in [9.17, 15) is 4.79 Å². The molecule has 1 saturated carbocycles. The minimum atomic E-state index is 0.185. The fourth-order valence-corrected chi connectivity index (χ4v) is 2.58. The highest BCUT2D eigenvalue weighted by molar-refractivity contribution is 5.76. The number of amides is 1. The molecule has 0 heterocycles. The maximum atomic E-state index is 11.6. The van der Waals surface area contributed by atoms with E-state index in [1.54, 1.807) is 19.0 Å². The molecule has 1 aliphatic carbocycles. The van der Waals surface area contributed by atoms with E-state index in [0.717, 1.165) is 6.54 Å². The quantitative estimate of drug-likeness (QED) is 0.754. The van der Waals surface area contributed by atoms with Gasteiger partial charge in [-0.05, 0) is 32.2 Å². The van der Waals surface area contributed by atoms with Crippen molar-refractivity contribution in [3.05, 3.63) is 0 Å². The van der Waals surface area contributed by atoms with E-state index in [0.29, 0.717) is 18.4 Å². The zero-order valence-electron chi connectivity index (χ0n) is 11.4. The van der Waals surface area contributed by atoms with Crippen LogP contribution in [-0.2, 0) is 4.79 Å². The summed E-state index contributed by atoms with van der Waals surface area (Å²) in [5.74, 6) is 0.769. The Labute approximate surface area is 105 Å². The number of nitrogens with two attached hydrogens (primary N) is 1. The molecule has 1 rings (SSSR count). The van der Waals surface area contributed by atoms with Gasteiger partial charge in [-0.15, -0.1) is 0 Å². The van der Waals surface area contributed by atoms with Gasteiger partial charge in [0, 0.05) is 32.6 Å². The first-order chi connectivity index (χ1) is 8.04. The summed E-state index contributed by atoms with van der Waals surface area (Å²) < 4.78 is 0. The van der Waals surface area contributed by atoms with Crippen LogP contribution < -0.4 is 11.1 Å². The molecule has 1 amide bonds. The number of hydrogen-bond donors (Lipinski definition) is 2. The Kier molecular flexibility index (Phi) is 5.92. The van der Waals surface area contributed by atoms with Crippen LogP contribution in [0.5, 0.6) is 0 Å². The number of carbonyl (C=O) groups is 1. The van der Waals surface area contributed by atoms with Crippen molar-refractivity contribution in [3.8, 4) is 0 Å². The monoisotopic (exact) mass is 241 g/mol. The lowest BCUT2D eigenvalue weighted by Crippen LogP contribution is -2.46. The zero-order chi connectivity index (χ0) is 12.8. The van der Waals surface area contributed by atoms with Crippen molar-refractivity contribution in [2.45, 2.75) is 51.1 Å². The molecular formula is C13H27N3O. The summed E-state index contributed by atoms with van der Waals surface area (Å²) in [4.78, 5) is 13.3. The maximum Gasteiger partial charge on any atom is 0.223 e. The number of nitrogens with one attached hydrogen (secondary N) is 1. The summed E-state index contributed by atoms with van der Waals surface area (Å²) >= 11 is 0. The van der Waals surface area contributed by atoms with Gasteiger partial charge in [-0.1, -0.05) is 12.8 Å². The van der Waals surface area contributed by atoms with E-state index in [1.807, 2.05) is 0 Å². The van der Waals surface area contributed by atoms with Crippen LogP contribution in [0.4, 0.5) is 0 Å². The average Bonchev–Trinajstić information content (AvgIpc) is 2.29. The Morgan fingerprint density at radius 2 is 2.06 bits per heavy atom. The first kappa shape index (κ1) is 14.5. The Morgan fingerprint density at radius 1 is 1.41 bits per heavy atom. The zero-order valence-corrected chi connectivity index (χ0v) is 11.4. The molecule has 0 saturated heterocycles. The molecule has 0 aromatic heterocycles. The lowest BCUT2D eigenvalue weighted by Gasteiger charge is -2.33. The average molecular weight is 241 g/mol. The summed E-state index contributed by atoms with van der Waals surface area (Å²) in [5, 5.41) is 3.58. The molecule has 100 valence electrons. The fourth-order valence-electron chi connectivity index (χ4n) is 2.58. The molecular weight excluding hydrogens is 214 g/mol. The third kappa shape index (κ3) is 4.64. The summed E-state index contributed by atoms with van der Waals surface area (Å²) in [7, 11) is 3.61. The lowest BCUT2D eigenvalue weighted by molar-refractivity contribution is -0.129. The van der Waals surface area contributed by atoms with Crippen LogP contribution in [0.3, 0.4) is 0 Å². The standard InChI is InChI=1S/C13H27N3O/c1-10(8-13(17)16(2)3)15-12-7-5-4-6-11(12)9-14/h10-12,15H,4-9,14H2,1-3H3. The van der Waals surface area contributed by atoms with Crippen LogP contribution >= 0.6 is 0 Å². The highest BCUT2D eigenvalue weighted by Gasteiger charge is 2.25. The first-order valence-corrected chi connectivity index (χ1v) is 6.70. The molecule has 3 N–H and O–H groups in total. The minimum Gasteiger partial charge on any atom is -0.349 e. The van der Waals surface area contributed by atoms with Crippen molar-refractivity contribution in [2.75, 3.05) is 20.6 Å². The van der Waals surface area contributed by atoms with Crippen LogP contribution in [0.2, 0.25) is 0 Å². The van der Waals surface area contributed by atoms with Gasteiger partial charge in [0.1, 0.15) is 0 Å². The predicted octanol–water partition coefficient (Wildman–Crippen LogP) is 0.960. The molecule has 0 aromatic rings. The van der Waals surface area contributed by atoms with Crippen LogP contribution in [0.15, 0.2) is 0 Å². The summed E-state index contributed by atoms with van der Waals surface area (Å²) in [6.45, 7) is 2.84. The van der Waals surface area contributed by atoms with Crippen LogP contribution in [0, 0.1) is 5.92 Å². The molecule has 4 heteroatoms. The van der Waals surface area contributed by atoms with E-state index in [-0.39, 0.29) is 11.9 Å². The fraction of sp³-hybridized carbons (Fsp3) is 0.923. The van der Waals surface area contributed by atoms with Crippen molar-refractivity contribution >= 4 is 5.91 Å². The molecule has 0 radical (unpaired) electrons. The van der Waals surface area contributed by atoms with Gasteiger partial charge in [-0.2, -0.15) is 0 Å². The Hall–Kier alpha value is -0.610. The first-order valence-electron chi connectivity index (χ1n) is 6.70. The van der Waals surface area contributed by atoms with E-state index in [4.69, 9.17) is 5.73 Å². The molecule has 0 aliphatic heterocycles. The van der Waals surface area contributed by atoms with Crippen LogP contribution in [0.25, 0.3) is 0 Å². The predicted molar refractivity (Wildman–Crippen MR) is 70.7 cm³/mol. The van der Waals surface area contributed by atoms with Crippen LogP contribution in [0.1, 0.15) is 39.0 Å². The van der Waals surface area contributed by atoms with Gasteiger partial charge in [0.15, 0.2) is 0 Å². The smallest absolute Gasteiger partial charge is 0.223 e. The second-order valence-electron chi connectivity index (χ2n) is 5.45. The molecule has 17 heavy (non-hydrogen) atoms. The summed E-state index contributed by atoms with van der Waals surface area (Å²) in [5.41, 5.74) is 5.80. The molecule has 0 aromatic carbocycles. The molecule has 3 atom stereocenters. The molecule has 4 nitrogen and oxygen atoms in total. The highest BCUT2D eigenvalue weighted by Crippen LogP contribution is 2.24. The van der Waals surface area contributed by atoms with Gasteiger partial charge < -0.3 is 16.0 Å². The van der Waals surface area contributed by atoms with Gasteiger partial charge in [-0.3, -0.25) is 4.79 Å². The summed E-state index contributed by atoms with van der Waals surface area (Å²) in [6, 6.07) is 0.737. The topological polar surface area (TPSA) is 58.4 Å². The van der Waals surface area contributed by atoms with E-state index >= 15 is 0 Å². The number of nitrogens with zero attached hydrogens (tertiary/aromatic N) is 1. The second-order valence-corrected chi connectivity index (χ2v) is 5.45. The van der Waals surface area contributed by atoms with Gasteiger partial charge >= 0.3 is 0 Å². The third-order valence-corrected chi connectivity index (χ3v) is 3.69. The largest absolute Gasteiger partial charge is 0.349 e. The molecule has 0 spiro atoms. The molecule has 1 aliphatic rings. The Morgan fingerprint density at radius 3 is 2.65 bits per heavy atom. The summed E-state index contributed by atoms with van der Waals surface area (Å²) in [6.07, 6.45) is 5.57. The third-order valence-electron chi connectivity index (χ3n) is 3.69. The molecule has 1 fully saturated rings. The minimum absolute atomic E-state index is 0.185. The SMILES string of the molecule is CC(CC(=O)N(C)C)NC1CCCCC1CN. The second kappa shape index (κ2) is 6.97. The Balaban J connectivity index is 2.38. The van der Waals surface area contributed by atoms with Crippen molar-refractivity contribution in [1.82, 2.24) is 10.2 Å². The highest BCUT2D eigenvalue weighted by atomic mass is 16.2. The number of carbonyl (C=O) groups excluding carboxylic acids is 1. The van der Waals surface area contributed by atoms with Crippen molar-refractivity contribution < 1.29 is 4.79 Å². The van der Waals surface area contributed by atoms with E-state index in [1.165, 1.54) is 25.7 Å². The normalized spacial score (nSPS) is 26.6. The van der Waals surface area contributed by atoms with E-state index in [2.05, 4.69) is 12.2 Å². The molecule has 0 bridgehead atoms. The maximum absolute atomic E-state index is 11.6. The van der Waals surface area contributed by atoms with Crippen LogP contribution in [-0.4, -0.2) is 43.5 Å². The van der Waals surface area contributed by atoms with Crippen molar-refractivity contribution in [2.24, 2.45) is 11.7 Å². The van der Waals surface area contributed by atoms with Crippen molar-refractivity contribution in [1.29, 1.82) is 0 Å². The van der Waals surface area contributed by atoms with Gasteiger partial charge in [0.05, 0.1) is 0 Å². The molecule has 3 unspecified atom stereocenters.